The van der Waals surface area contributed by atoms with Crippen LogP contribution in [0.1, 0.15) is 38.9 Å². The predicted molar refractivity (Wildman–Crippen MR) is 115 cm³/mol. The molecule has 150 valence electrons. The molecule has 1 atom stereocenters. The third-order valence-electron chi connectivity index (χ3n) is 4.10. The average Bonchev–Trinajstić information content (AvgIpc) is 3.28. The van der Waals surface area contributed by atoms with Crippen LogP contribution in [0.2, 0.25) is 0 Å². The van der Waals surface area contributed by atoms with Crippen molar-refractivity contribution in [1.29, 1.82) is 0 Å². The van der Waals surface area contributed by atoms with Crippen molar-refractivity contribution in [3.05, 3.63) is 24.2 Å². The molecule has 26 heavy (non-hydrogen) atoms. The number of guanidine groups is 1. The minimum Gasteiger partial charge on any atom is -0.469 e. The maximum absolute atomic E-state index is 5.65. The second-order valence-electron chi connectivity index (χ2n) is 6.80. The summed E-state index contributed by atoms with van der Waals surface area (Å²) in [6.07, 6.45) is 6.13. The van der Waals surface area contributed by atoms with Crippen molar-refractivity contribution in [2.75, 3.05) is 39.5 Å². The van der Waals surface area contributed by atoms with Crippen LogP contribution in [-0.2, 0) is 15.9 Å². The molecule has 0 spiro atoms. The molecule has 1 aliphatic rings. The van der Waals surface area contributed by atoms with Crippen molar-refractivity contribution in [3.63, 3.8) is 0 Å². The van der Waals surface area contributed by atoms with Crippen molar-refractivity contribution in [1.82, 2.24) is 10.6 Å². The summed E-state index contributed by atoms with van der Waals surface area (Å²) >= 11 is 0. The molecular formula is C19H34IN3O3. The Morgan fingerprint density at radius 1 is 1.31 bits per heavy atom. The lowest BCUT2D eigenvalue weighted by atomic mass is 10.1. The molecule has 0 bridgehead atoms. The number of halogens is 1. The van der Waals surface area contributed by atoms with E-state index in [-0.39, 0.29) is 30.1 Å². The molecule has 2 N–H and O–H groups in total. The highest BCUT2D eigenvalue weighted by Gasteiger charge is 2.14. The third-order valence-corrected chi connectivity index (χ3v) is 4.10. The molecule has 0 saturated carbocycles. The summed E-state index contributed by atoms with van der Waals surface area (Å²) in [6, 6.07) is 3.90. The standard InChI is InChI=1S/C19H33N3O3.HI/c1-16(2)8-13-23-14-10-21-19(22-15-18-6-4-12-25-18)20-9-7-17-5-3-11-24-17;/h3,5,11,16,18H,4,6-10,12-15H2,1-2H3,(H2,20,21,22);1H. The Hall–Kier alpha value is -0.800. The lowest BCUT2D eigenvalue weighted by Crippen LogP contribution is -2.40. The SMILES string of the molecule is CC(C)CCOCCNC(=NCC1CCCO1)NCCc1ccco1.I. The van der Waals surface area contributed by atoms with E-state index in [1.54, 1.807) is 6.26 Å². The van der Waals surface area contributed by atoms with Crippen LogP contribution in [0.5, 0.6) is 0 Å². The summed E-state index contributed by atoms with van der Waals surface area (Å²) in [5, 5.41) is 6.70. The molecule has 0 radical (unpaired) electrons. The van der Waals surface area contributed by atoms with Gasteiger partial charge >= 0.3 is 0 Å². The highest BCUT2D eigenvalue weighted by Crippen LogP contribution is 2.11. The average molecular weight is 479 g/mol. The van der Waals surface area contributed by atoms with Gasteiger partial charge in [-0.3, -0.25) is 4.99 Å². The van der Waals surface area contributed by atoms with Crippen LogP contribution in [0.25, 0.3) is 0 Å². The zero-order valence-electron chi connectivity index (χ0n) is 16.0. The number of rotatable bonds is 11. The van der Waals surface area contributed by atoms with Gasteiger partial charge in [-0.05, 0) is 37.3 Å². The lowest BCUT2D eigenvalue weighted by Gasteiger charge is -2.14. The molecule has 0 amide bonds. The van der Waals surface area contributed by atoms with Gasteiger partial charge < -0.3 is 24.5 Å². The Bertz CT molecular complexity index is 474. The summed E-state index contributed by atoms with van der Waals surface area (Å²) < 4.78 is 16.7. The highest BCUT2D eigenvalue weighted by molar-refractivity contribution is 14.0. The van der Waals surface area contributed by atoms with Crippen molar-refractivity contribution < 1.29 is 13.9 Å². The first-order valence-corrected chi connectivity index (χ1v) is 9.48. The molecule has 0 aliphatic carbocycles. The highest BCUT2D eigenvalue weighted by atomic mass is 127. The van der Waals surface area contributed by atoms with Gasteiger partial charge in [-0.1, -0.05) is 13.8 Å². The third kappa shape index (κ3) is 10.4. The summed E-state index contributed by atoms with van der Waals surface area (Å²) in [6.45, 7) is 9.00. The Kier molecular flexibility index (Phi) is 12.8. The Morgan fingerprint density at radius 3 is 2.85 bits per heavy atom. The summed E-state index contributed by atoms with van der Waals surface area (Å²) in [5.74, 6) is 2.47. The van der Waals surface area contributed by atoms with Gasteiger partial charge in [0.25, 0.3) is 0 Å². The zero-order valence-corrected chi connectivity index (χ0v) is 18.4. The van der Waals surface area contributed by atoms with Crippen LogP contribution < -0.4 is 10.6 Å². The number of ether oxygens (including phenoxy) is 2. The van der Waals surface area contributed by atoms with Crippen LogP contribution in [0.4, 0.5) is 0 Å². The van der Waals surface area contributed by atoms with E-state index in [0.717, 1.165) is 63.7 Å². The van der Waals surface area contributed by atoms with Crippen molar-refractivity contribution in [2.24, 2.45) is 10.9 Å². The molecule has 0 aromatic carbocycles. The molecular weight excluding hydrogens is 445 g/mol. The summed E-state index contributed by atoms with van der Waals surface area (Å²) in [5.41, 5.74) is 0. The molecule has 1 saturated heterocycles. The molecule has 2 rings (SSSR count). The Labute approximate surface area is 174 Å². The monoisotopic (exact) mass is 479 g/mol. The first kappa shape index (κ1) is 23.2. The van der Waals surface area contributed by atoms with Crippen LogP contribution in [-0.4, -0.2) is 51.5 Å². The van der Waals surface area contributed by atoms with Gasteiger partial charge in [-0.15, -0.1) is 24.0 Å². The fourth-order valence-corrected chi connectivity index (χ4v) is 2.58. The van der Waals surface area contributed by atoms with E-state index in [1.165, 1.54) is 0 Å². The lowest BCUT2D eigenvalue weighted by molar-refractivity contribution is 0.117. The molecule has 1 aromatic heterocycles. The number of aliphatic imine (C=N–C) groups is 1. The van der Waals surface area contributed by atoms with Crippen LogP contribution >= 0.6 is 24.0 Å². The molecule has 1 aromatic rings. The second kappa shape index (κ2) is 14.3. The van der Waals surface area contributed by atoms with Crippen molar-refractivity contribution in [3.8, 4) is 0 Å². The molecule has 2 heterocycles. The van der Waals surface area contributed by atoms with Gasteiger partial charge in [0.15, 0.2) is 5.96 Å². The molecule has 1 unspecified atom stereocenters. The van der Waals surface area contributed by atoms with Gasteiger partial charge in [0.05, 0.1) is 25.5 Å². The van der Waals surface area contributed by atoms with E-state index in [1.807, 2.05) is 12.1 Å². The van der Waals surface area contributed by atoms with E-state index in [4.69, 9.17) is 13.9 Å². The number of hydrogen-bond acceptors (Lipinski definition) is 4. The van der Waals surface area contributed by atoms with E-state index in [9.17, 15) is 0 Å². The summed E-state index contributed by atoms with van der Waals surface area (Å²) in [7, 11) is 0. The van der Waals surface area contributed by atoms with Gasteiger partial charge in [0.1, 0.15) is 5.76 Å². The predicted octanol–water partition coefficient (Wildman–Crippen LogP) is 3.22. The minimum absolute atomic E-state index is 0. The van der Waals surface area contributed by atoms with Crippen molar-refractivity contribution in [2.45, 2.75) is 45.6 Å². The van der Waals surface area contributed by atoms with Gasteiger partial charge in [0, 0.05) is 32.7 Å². The van der Waals surface area contributed by atoms with E-state index >= 15 is 0 Å². The van der Waals surface area contributed by atoms with Gasteiger partial charge in [-0.25, -0.2) is 0 Å². The first-order valence-electron chi connectivity index (χ1n) is 9.48. The maximum Gasteiger partial charge on any atom is 0.191 e. The van der Waals surface area contributed by atoms with Crippen molar-refractivity contribution >= 4 is 29.9 Å². The van der Waals surface area contributed by atoms with Gasteiger partial charge in [0.2, 0.25) is 0 Å². The molecule has 7 heteroatoms. The zero-order chi connectivity index (χ0) is 17.7. The van der Waals surface area contributed by atoms with E-state index in [0.29, 0.717) is 19.1 Å². The topological polar surface area (TPSA) is 68.0 Å². The quantitative estimate of drug-likeness (QED) is 0.221. The number of hydrogen-bond donors (Lipinski definition) is 2. The van der Waals surface area contributed by atoms with Crippen LogP contribution in [0.3, 0.4) is 0 Å². The fraction of sp³-hybridized carbons (Fsp3) is 0.737. The molecule has 1 fully saturated rings. The smallest absolute Gasteiger partial charge is 0.191 e. The normalized spacial score (nSPS) is 17.3. The van der Waals surface area contributed by atoms with Gasteiger partial charge in [-0.2, -0.15) is 0 Å². The largest absolute Gasteiger partial charge is 0.469 e. The molecule has 1 aliphatic heterocycles. The van der Waals surface area contributed by atoms with E-state index < -0.39 is 0 Å². The Morgan fingerprint density at radius 2 is 2.15 bits per heavy atom. The van der Waals surface area contributed by atoms with Crippen LogP contribution in [0.15, 0.2) is 27.8 Å². The number of furan rings is 1. The van der Waals surface area contributed by atoms with E-state index in [2.05, 4.69) is 29.5 Å². The molecule has 6 nitrogen and oxygen atoms in total. The van der Waals surface area contributed by atoms with Crippen LogP contribution in [0, 0.1) is 5.92 Å². The fourth-order valence-electron chi connectivity index (χ4n) is 2.58. The minimum atomic E-state index is 0. The number of nitrogens with one attached hydrogen (secondary N) is 2. The first-order chi connectivity index (χ1) is 12.2. The summed E-state index contributed by atoms with van der Waals surface area (Å²) in [4.78, 5) is 4.65. The Balaban J connectivity index is 0.00000338. The number of nitrogens with zero attached hydrogens (tertiary/aromatic N) is 1. The maximum atomic E-state index is 5.65. The second-order valence-corrected chi connectivity index (χ2v) is 6.80.